The second-order valence-corrected chi connectivity index (χ2v) is 6.57. The van der Waals surface area contributed by atoms with Gasteiger partial charge in [-0.2, -0.15) is 0 Å². The van der Waals surface area contributed by atoms with Crippen molar-refractivity contribution in [3.05, 3.63) is 21.0 Å². The normalized spacial score (nSPS) is 29.5. The molecule has 3 nitrogen and oxygen atoms in total. The summed E-state index contributed by atoms with van der Waals surface area (Å²) in [7, 11) is 0. The van der Waals surface area contributed by atoms with Crippen molar-refractivity contribution in [2.24, 2.45) is 5.92 Å². The van der Waals surface area contributed by atoms with Gasteiger partial charge in [0.05, 0.1) is 11.0 Å². The molecule has 2 unspecified atom stereocenters. The monoisotopic (exact) mass is 362 g/mol. The number of nitrogens with one attached hydrogen (secondary N) is 1. The third kappa shape index (κ3) is 2.62. The molecule has 2 fully saturated rings. The van der Waals surface area contributed by atoms with E-state index in [1.807, 2.05) is 0 Å². The van der Waals surface area contributed by atoms with E-state index in [-0.39, 0.29) is 0 Å². The minimum atomic E-state index is 0.700. The van der Waals surface area contributed by atoms with Crippen LogP contribution in [0.4, 0.5) is 0 Å². The van der Waals surface area contributed by atoms with Gasteiger partial charge in [0.15, 0.2) is 4.67 Å². The molecule has 1 aromatic rings. The van der Waals surface area contributed by atoms with Gasteiger partial charge in [-0.15, -0.1) is 0 Å². The lowest BCUT2D eigenvalue weighted by molar-refractivity contribution is 0.282. The first-order valence-corrected chi connectivity index (χ1v) is 7.70. The van der Waals surface area contributed by atoms with E-state index in [2.05, 4.69) is 48.1 Å². The molecular weight excluding hydrogens is 348 g/mol. The van der Waals surface area contributed by atoms with Crippen LogP contribution in [0.25, 0.3) is 0 Å². The summed E-state index contributed by atoms with van der Waals surface area (Å²) in [6.45, 7) is 4.46. The highest BCUT2D eigenvalue weighted by atomic mass is 79.9. The summed E-state index contributed by atoms with van der Waals surface area (Å²) in [4.78, 5) is 2.49. The molecule has 0 radical (unpaired) electrons. The number of nitrogens with zero attached hydrogens (tertiary/aromatic N) is 1. The van der Waals surface area contributed by atoms with E-state index in [1.54, 1.807) is 0 Å². The molecule has 5 heteroatoms. The molecule has 3 rings (SSSR count). The molecule has 0 bridgehead atoms. The van der Waals surface area contributed by atoms with Crippen LogP contribution in [0.1, 0.15) is 18.6 Å². The number of hydrogen-bond acceptors (Lipinski definition) is 3. The fraction of sp³-hybridized carbons (Fsp3) is 0.667. The van der Waals surface area contributed by atoms with E-state index in [0.717, 1.165) is 33.9 Å². The number of rotatable bonds is 2. The minimum absolute atomic E-state index is 0.700. The fourth-order valence-corrected chi connectivity index (χ4v) is 3.61. The van der Waals surface area contributed by atoms with Crippen molar-refractivity contribution in [2.75, 3.05) is 19.6 Å². The third-order valence-electron chi connectivity index (χ3n) is 3.75. The van der Waals surface area contributed by atoms with Crippen molar-refractivity contribution in [3.63, 3.8) is 0 Å². The van der Waals surface area contributed by atoms with Crippen LogP contribution in [0.5, 0.6) is 0 Å². The maximum Gasteiger partial charge on any atom is 0.183 e. The van der Waals surface area contributed by atoms with Gasteiger partial charge < -0.3 is 9.73 Å². The molecule has 0 aromatic carbocycles. The van der Waals surface area contributed by atoms with Crippen molar-refractivity contribution in [3.8, 4) is 0 Å². The maximum absolute atomic E-state index is 5.64. The molecule has 3 heterocycles. The summed E-state index contributed by atoms with van der Waals surface area (Å²) in [5.41, 5.74) is 0. The predicted octanol–water partition coefficient (Wildman–Crippen LogP) is 2.99. The Labute approximate surface area is 118 Å². The number of halogens is 2. The average molecular weight is 364 g/mol. The zero-order chi connectivity index (χ0) is 11.8. The second-order valence-electron chi connectivity index (χ2n) is 4.99. The maximum atomic E-state index is 5.64. The van der Waals surface area contributed by atoms with Gasteiger partial charge in [-0.1, -0.05) is 0 Å². The lowest BCUT2D eigenvalue weighted by Crippen LogP contribution is -2.40. The molecule has 0 spiro atoms. The number of fused-ring (bicyclic) bond motifs is 1. The van der Waals surface area contributed by atoms with E-state index in [4.69, 9.17) is 4.42 Å². The van der Waals surface area contributed by atoms with Gasteiger partial charge in [-0.3, -0.25) is 4.90 Å². The molecule has 0 amide bonds. The second kappa shape index (κ2) is 5.03. The van der Waals surface area contributed by atoms with E-state index < -0.39 is 0 Å². The summed E-state index contributed by atoms with van der Waals surface area (Å²) in [5, 5.41) is 3.62. The number of furan rings is 1. The zero-order valence-corrected chi connectivity index (χ0v) is 12.8. The standard InChI is InChI=1S/C12H16Br2N2O/c13-10-4-9(17-12(10)14)6-16-5-8-2-1-3-15-11(8)7-16/h4,8,11,15H,1-3,5-7H2. The van der Waals surface area contributed by atoms with Gasteiger partial charge >= 0.3 is 0 Å². The summed E-state index contributed by atoms with van der Waals surface area (Å²) >= 11 is 6.84. The predicted molar refractivity (Wildman–Crippen MR) is 73.9 cm³/mol. The fourth-order valence-electron chi connectivity index (χ4n) is 2.95. The first-order chi connectivity index (χ1) is 8.22. The molecule has 2 atom stereocenters. The number of likely N-dealkylation sites (tertiary alicyclic amines) is 1. The smallest absolute Gasteiger partial charge is 0.183 e. The summed E-state index contributed by atoms with van der Waals surface area (Å²) in [6.07, 6.45) is 2.70. The van der Waals surface area contributed by atoms with Crippen LogP contribution in [-0.4, -0.2) is 30.6 Å². The summed E-state index contributed by atoms with van der Waals surface area (Å²) in [6, 6.07) is 2.75. The van der Waals surface area contributed by atoms with Crippen LogP contribution in [-0.2, 0) is 6.54 Å². The molecule has 94 valence electrons. The van der Waals surface area contributed by atoms with E-state index in [0.29, 0.717) is 6.04 Å². The topological polar surface area (TPSA) is 28.4 Å². The van der Waals surface area contributed by atoms with E-state index in [9.17, 15) is 0 Å². The van der Waals surface area contributed by atoms with Crippen molar-refractivity contribution >= 4 is 31.9 Å². The van der Waals surface area contributed by atoms with Gasteiger partial charge in [0.2, 0.25) is 0 Å². The van der Waals surface area contributed by atoms with Crippen molar-refractivity contribution < 1.29 is 4.42 Å². The lowest BCUT2D eigenvalue weighted by Gasteiger charge is -2.24. The molecule has 1 N–H and O–H groups in total. The Balaban J connectivity index is 1.63. The first kappa shape index (κ1) is 12.2. The van der Waals surface area contributed by atoms with Crippen molar-refractivity contribution in [1.82, 2.24) is 10.2 Å². The van der Waals surface area contributed by atoms with Gasteiger partial charge in [0, 0.05) is 19.1 Å². The highest BCUT2D eigenvalue weighted by Crippen LogP contribution is 2.30. The molecule has 2 aliphatic rings. The lowest BCUT2D eigenvalue weighted by atomic mass is 9.94. The largest absolute Gasteiger partial charge is 0.452 e. The molecular formula is C12H16Br2N2O. The Morgan fingerprint density at radius 3 is 3.00 bits per heavy atom. The zero-order valence-electron chi connectivity index (χ0n) is 9.59. The van der Waals surface area contributed by atoms with Gasteiger partial charge in [-0.25, -0.2) is 0 Å². The van der Waals surface area contributed by atoms with Crippen LogP contribution < -0.4 is 5.32 Å². The summed E-state index contributed by atoms with van der Waals surface area (Å²) < 4.78 is 7.43. The molecule has 0 saturated carbocycles. The Kier molecular flexibility index (Phi) is 3.62. The third-order valence-corrected chi connectivity index (χ3v) is 5.46. The average Bonchev–Trinajstić information content (AvgIpc) is 2.83. The molecule has 17 heavy (non-hydrogen) atoms. The number of piperidine rings is 1. The van der Waals surface area contributed by atoms with Crippen LogP contribution in [0.3, 0.4) is 0 Å². The van der Waals surface area contributed by atoms with E-state index in [1.165, 1.54) is 25.9 Å². The minimum Gasteiger partial charge on any atom is -0.452 e. The Bertz CT molecular complexity index is 374. The Morgan fingerprint density at radius 1 is 1.41 bits per heavy atom. The first-order valence-electron chi connectivity index (χ1n) is 6.12. The van der Waals surface area contributed by atoms with Gasteiger partial charge in [0.25, 0.3) is 0 Å². The highest BCUT2D eigenvalue weighted by molar-refractivity contribution is 9.13. The Morgan fingerprint density at radius 2 is 2.29 bits per heavy atom. The van der Waals surface area contributed by atoms with Crippen molar-refractivity contribution in [2.45, 2.75) is 25.4 Å². The van der Waals surface area contributed by atoms with Crippen LogP contribution in [0.15, 0.2) is 19.6 Å². The quantitative estimate of drug-likeness (QED) is 0.875. The summed E-state index contributed by atoms with van der Waals surface area (Å²) in [5.74, 6) is 1.87. The van der Waals surface area contributed by atoms with Crippen LogP contribution in [0, 0.1) is 5.92 Å². The van der Waals surface area contributed by atoms with Gasteiger partial charge in [0.1, 0.15) is 5.76 Å². The molecule has 2 saturated heterocycles. The highest BCUT2D eigenvalue weighted by Gasteiger charge is 2.34. The Hall–Kier alpha value is 0.160. The SMILES string of the molecule is Brc1cc(CN2CC3CCCNC3C2)oc1Br. The molecule has 1 aromatic heterocycles. The van der Waals surface area contributed by atoms with Crippen LogP contribution >= 0.6 is 31.9 Å². The van der Waals surface area contributed by atoms with E-state index >= 15 is 0 Å². The van der Waals surface area contributed by atoms with Crippen LogP contribution in [0.2, 0.25) is 0 Å². The number of hydrogen-bond donors (Lipinski definition) is 1. The van der Waals surface area contributed by atoms with Gasteiger partial charge in [-0.05, 0) is 63.2 Å². The van der Waals surface area contributed by atoms with Crippen molar-refractivity contribution in [1.29, 1.82) is 0 Å². The molecule has 0 aliphatic carbocycles. The molecule has 2 aliphatic heterocycles.